The maximum absolute atomic E-state index is 11.6. The molecular weight excluding hydrogens is 218 g/mol. The van der Waals surface area contributed by atoms with Crippen LogP contribution in [0, 0.1) is 0 Å². The number of hydrogen-bond acceptors (Lipinski definition) is 5. The fourth-order valence-corrected chi connectivity index (χ4v) is 1.34. The van der Waals surface area contributed by atoms with Gasteiger partial charge in [-0.05, 0) is 32.4 Å². The van der Waals surface area contributed by atoms with Gasteiger partial charge in [-0.25, -0.2) is 9.78 Å². The van der Waals surface area contributed by atoms with Gasteiger partial charge < -0.3 is 15.8 Å². The largest absolute Gasteiger partial charge is 0.462 e. The predicted octanol–water partition coefficient (Wildman–Crippen LogP) is 1.41. The number of hydrogen-bond donors (Lipinski definition) is 2. The molecule has 1 atom stereocenters. The molecule has 0 aliphatic rings. The van der Waals surface area contributed by atoms with Gasteiger partial charge in [0, 0.05) is 18.8 Å². The van der Waals surface area contributed by atoms with Crippen molar-refractivity contribution >= 4 is 11.8 Å². The Kier molecular flexibility index (Phi) is 5.42. The Morgan fingerprint density at radius 1 is 1.65 bits per heavy atom. The molecule has 0 amide bonds. The van der Waals surface area contributed by atoms with Crippen LogP contribution in [0.25, 0.3) is 0 Å². The van der Waals surface area contributed by atoms with E-state index in [-0.39, 0.29) is 12.0 Å². The van der Waals surface area contributed by atoms with Gasteiger partial charge in [0.15, 0.2) is 0 Å². The Labute approximate surface area is 101 Å². The van der Waals surface area contributed by atoms with E-state index >= 15 is 0 Å². The summed E-state index contributed by atoms with van der Waals surface area (Å²) in [5, 5.41) is 3.09. The lowest BCUT2D eigenvalue weighted by atomic mass is 10.2. The van der Waals surface area contributed by atoms with Gasteiger partial charge in [0.1, 0.15) is 11.4 Å². The van der Waals surface area contributed by atoms with Crippen molar-refractivity contribution < 1.29 is 9.53 Å². The van der Waals surface area contributed by atoms with Crippen molar-refractivity contribution in [1.82, 2.24) is 4.98 Å². The van der Waals surface area contributed by atoms with Crippen LogP contribution < -0.4 is 11.1 Å². The molecule has 5 nitrogen and oxygen atoms in total. The lowest BCUT2D eigenvalue weighted by molar-refractivity contribution is 0.0527. The molecule has 1 rings (SSSR count). The molecule has 0 aromatic carbocycles. The third-order valence-corrected chi connectivity index (χ3v) is 2.20. The molecule has 1 unspecified atom stereocenters. The second-order valence-electron chi connectivity index (χ2n) is 3.81. The molecule has 0 saturated carbocycles. The zero-order valence-electron chi connectivity index (χ0n) is 10.3. The van der Waals surface area contributed by atoms with Gasteiger partial charge in [0.05, 0.1) is 6.61 Å². The van der Waals surface area contributed by atoms with Crippen molar-refractivity contribution in [2.75, 3.05) is 18.5 Å². The molecular formula is C12H19N3O2. The van der Waals surface area contributed by atoms with E-state index in [9.17, 15) is 4.79 Å². The standard InChI is InChI=1S/C12H19N3O2/c1-3-17-12(16)10-5-4-7-14-11(10)15-8-6-9(2)13/h4-5,7,9H,3,6,8,13H2,1-2H3,(H,14,15). The monoisotopic (exact) mass is 237 g/mol. The van der Waals surface area contributed by atoms with Crippen LogP contribution in [0.5, 0.6) is 0 Å². The number of anilines is 1. The van der Waals surface area contributed by atoms with Crippen LogP contribution in [0.3, 0.4) is 0 Å². The third kappa shape index (κ3) is 4.40. The molecule has 0 aliphatic carbocycles. The van der Waals surface area contributed by atoms with Crippen molar-refractivity contribution in [3.8, 4) is 0 Å². The maximum Gasteiger partial charge on any atom is 0.341 e. The van der Waals surface area contributed by atoms with Crippen LogP contribution in [0.2, 0.25) is 0 Å². The van der Waals surface area contributed by atoms with Crippen molar-refractivity contribution in [3.63, 3.8) is 0 Å². The number of aromatic nitrogens is 1. The average molecular weight is 237 g/mol. The number of ether oxygens (including phenoxy) is 1. The Hall–Kier alpha value is -1.62. The summed E-state index contributed by atoms with van der Waals surface area (Å²) in [6.07, 6.45) is 2.45. The van der Waals surface area contributed by atoms with E-state index in [2.05, 4.69) is 10.3 Å². The lowest BCUT2D eigenvalue weighted by Crippen LogP contribution is -2.20. The quantitative estimate of drug-likeness (QED) is 0.731. The molecule has 3 N–H and O–H groups in total. The Morgan fingerprint density at radius 3 is 3.06 bits per heavy atom. The molecule has 5 heteroatoms. The first-order chi connectivity index (χ1) is 8.15. The summed E-state index contributed by atoms with van der Waals surface area (Å²) in [6.45, 7) is 4.75. The number of rotatable bonds is 6. The van der Waals surface area contributed by atoms with Crippen LogP contribution in [0.4, 0.5) is 5.82 Å². The highest BCUT2D eigenvalue weighted by Gasteiger charge is 2.12. The van der Waals surface area contributed by atoms with E-state index in [1.165, 1.54) is 0 Å². The zero-order valence-corrected chi connectivity index (χ0v) is 10.3. The van der Waals surface area contributed by atoms with Gasteiger partial charge in [-0.1, -0.05) is 0 Å². The van der Waals surface area contributed by atoms with Gasteiger partial charge >= 0.3 is 5.97 Å². The fraction of sp³-hybridized carbons (Fsp3) is 0.500. The predicted molar refractivity (Wildman–Crippen MR) is 66.9 cm³/mol. The first kappa shape index (κ1) is 13.4. The van der Waals surface area contributed by atoms with Crippen LogP contribution in [-0.4, -0.2) is 30.1 Å². The normalized spacial score (nSPS) is 11.9. The number of pyridine rings is 1. The SMILES string of the molecule is CCOC(=O)c1cccnc1NCCC(C)N. The molecule has 17 heavy (non-hydrogen) atoms. The molecule has 1 aromatic heterocycles. The molecule has 0 spiro atoms. The van der Waals surface area contributed by atoms with E-state index in [0.29, 0.717) is 24.5 Å². The number of nitrogens with zero attached hydrogens (tertiary/aromatic N) is 1. The highest BCUT2D eigenvalue weighted by Crippen LogP contribution is 2.12. The third-order valence-electron chi connectivity index (χ3n) is 2.20. The van der Waals surface area contributed by atoms with Crippen LogP contribution in [0.15, 0.2) is 18.3 Å². The second kappa shape index (κ2) is 6.85. The molecule has 1 heterocycles. The molecule has 1 aromatic rings. The fourth-order valence-electron chi connectivity index (χ4n) is 1.34. The van der Waals surface area contributed by atoms with Crippen molar-refractivity contribution in [1.29, 1.82) is 0 Å². The molecule has 0 fully saturated rings. The Morgan fingerprint density at radius 2 is 2.41 bits per heavy atom. The molecule has 0 radical (unpaired) electrons. The Bertz CT molecular complexity index is 367. The highest BCUT2D eigenvalue weighted by molar-refractivity contribution is 5.94. The minimum Gasteiger partial charge on any atom is -0.462 e. The van der Waals surface area contributed by atoms with Crippen LogP contribution in [-0.2, 0) is 4.74 Å². The van der Waals surface area contributed by atoms with E-state index in [1.54, 1.807) is 25.3 Å². The summed E-state index contributed by atoms with van der Waals surface area (Å²) in [5.74, 6) is 0.190. The van der Waals surface area contributed by atoms with Crippen molar-refractivity contribution in [2.45, 2.75) is 26.3 Å². The second-order valence-corrected chi connectivity index (χ2v) is 3.81. The number of esters is 1. The van der Waals surface area contributed by atoms with E-state index in [4.69, 9.17) is 10.5 Å². The zero-order chi connectivity index (χ0) is 12.7. The molecule has 0 bridgehead atoms. The smallest absolute Gasteiger partial charge is 0.341 e. The van der Waals surface area contributed by atoms with Crippen molar-refractivity contribution in [2.24, 2.45) is 5.73 Å². The maximum atomic E-state index is 11.6. The summed E-state index contributed by atoms with van der Waals surface area (Å²) in [5.41, 5.74) is 6.11. The minimum atomic E-state index is -0.358. The summed E-state index contributed by atoms with van der Waals surface area (Å²) >= 11 is 0. The molecule has 0 aliphatic heterocycles. The summed E-state index contributed by atoms with van der Waals surface area (Å²) in [6, 6.07) is 3.53. The first-order valence-electron chi connectivity index (χ1n) is 5.76. The molecule has 94 valence electrons. The topological polar surface area (TPSA) is 77.2 Å². The van der Waals surface area contributed by atoms with E-state index < -0.39 is 0 Å². The average Bonchev–Trinajstić information content (AvgIpc) is 2.29. The van der Waals surface area contributed by atoms with E-state index in [0.717, 1.165) is 6.42 Å². The Balaban J connectivity index is 2.67. The number of carbonyl (C=O) groups excluding carboxylic acids is 1. The van der Waals surface area contributed by atoms with E-state index in [1.807, 2.05) is 6.92 Å². The van der Waals surface area contributed by atoms with Crippen molar-refractivity contribution in [3.05, 3.63) is 23.9 Å². The number of nitrogens with one attached hydrogen (secondary N) is 1. The van der Waals surface area contributed by atoms with Crippen LogP contribution in [0.1, 0.15) is 30.6 Å². The van der Waals surface area contributed by atoms with Crippen LogP contribution >= 0.6 is 0 Å². The summed E-state index contributed by atoms with van der Waals surface area (Å²) in [4.78, 5) is 15.8. The van der Waals surface area contributed by atoms with Gasteiger partial charge in [-0.15, -0.1) is 0 Å². The van der Waals surface area contributed by atoms with Gasteiger partial charge in [-0.2, -0.15) is 0 Å². The number of carbonyl (C=O) groups is 1. The summed E-state index contributed by atoms with van der Waals surface area (Å²) < 4.78 is 4.95. The minimum absolute atomic E-state index is 0.122. The molecule has 0 saturated heterocycles. The van der Waals surface area contributed by atoms with Gasteiger partial charge in [0.25, 0.3) is 0 Å². The number of nitrogens with two attached hydrogens (primary N) is 1. The highest BCUT2D eigenvalue weighted by atomic mass is 16.5. The lowest BCUT2D eigenvalue weighted by Gasteiger charge is -2.11. The summed E-state index contributed by atoms with van der Waals surface area (Å²) in [7, 11) is 0. The van der Waals surface area contributed by atoms with Gasteiger partial charge in [-0.3, -0.25) is 0 Å². The first-order valence-corrected chi connectivity index (χ1v) is 5.76. The van der Waals surface area contributed by atoms with Gasteiger partial charge in [0.2, 0.25) is 0 Å².